The highest BCUT2D eigenvalue weighted by Crippen LogP contribution is 2.22. The van der Waals surface area contributed by atoms with Crippen LogP contribution in [0.25, 0.3) is 0 Å². The first kappa shape index (κ1) is 25.4. The Balaban J connectivity index is 1.71. The van der Waals surface area contributed by atoms with Gasteiger partial charge in [0, 0.05) is 13.0 Å². The van der Waals surface area contributed by atoms with Crippen molar-refractivity contribution >= 4 is 11.9 Å². The Morgan fingerprint density at radius 3 is 2.06 bits per heavy atom. The molecule has 6 nitrogen and oxygen atoms in total. The summed E-state index contributed by atoms with van der Waals surface area (Å²) in [7, 11) is 0. The highest BCUT2D eigenvalue weighted by Gasteiger charge is 2.34. The average Bonchev–Trinajstić information content (AvgIpc) is 2.69. The van der Waals surface area contributed by atoms with Crippen molar-refractivity contribution in [3.05, 3.63) is 65.2 Å². The molecule has 0 saturated carbocycles. The maximum atomic E-state index is 12.3. The van der Waals surface area contributed by atoms with Gasteiger partial charge < -0.3 is 9.47 Å². The molecule has 2 rings (SSSR count). The highest BCUT2D eigenvalue weighted by molar-refractivity contribution is 5.79. The summed E-state index contributed by atoms with van der Waals surface area (Å²) in [6, 6.07) is 15.8. The van der Waals surface area contributed by atoms with E-state index in [9.17, 15) is 9.59 Å². The molecule has 0 radical (unpaired) electrons. The van der Waals surface area contributed by atoms with Crippen LogP contribution in [0.15, 0.2) is 48.5 Å². The summed E-state index contributed by atoms with van der Waals surface area (Å²) in [6.45, 7) is 11.5. The first-order chi connectivity index (χ1) is 14.9. The highest BCUT2D eigenvalue weighted by atomic mass is 16.6. The molecule has 174 valence electrons. The third kappa shape index (κ3) is 9.10. The Hall–Kier alpha value is -2.86. The molecule has 0 aromatic heterocycles. The van der Waals surface area contributed by atoms with Crippen LogP contribution in [0, 0.1) is 6.92 Å². The van der Waals surface area contributed by atoms with Crippen LogP contribution in [-0.4, -0.2) is 23.1 Å². The van der Waals surface area contributed by atoms with Crippen LogP contribution in [0.3, 0.4) is 0 Å². The Morgan fingerprint density at radius 2 is 1.47 bits per heavy atom. The quantitative estimate of drug-likeness (QED) is 0.416. The van der Waals surface area contributed by atoms with E-state index in [1.165, 1.54) is 5.56 Å². The van der Waals surface area contributed by atoms with Crippen LogP contribution >= 0.6 is 0 Å². The second kappa shape index (κ2) is 11.1. The number of nitrogens with one attached hydrogen (secondary N) is 2. The topological polar surface area (TPSA) is 76.7 Å². The number of esters is 1. The second-order valence-electron chi connectivity index (χ2n) is 9.50. The van der Waals surface area contributed by atoms with Crippen molar-refractivity contribution in [3.8, 4) is 5.75 Å². The molecule has 0 saturated heterocycles. The summed E-state index contributed by atoms with van der Waals surface area (Å²) >= 11 is 0. The number of rotatable bonds is 10. The lowest BCUT2D eigenvalue weighted by molar-refractivity contribution is -0.170. The van der Waals surface area contributed by atoms with Gasteiger partial charge in [0.15, 0.2) is 5.60 Å². The van der Waals surface area contributed by atoms with Crippen molar-refractivity contribution in [1.29, 1.82) is 0 Å². The largest absolute Gasteiger partial charge is 0.476 e. The van der Waals surface area contributed by atoms with Crippen LogP contribution in [0.2, 0.25) is 0 Å². The van der Waals surface area contributed by atoms with Gasteiger partial charge in [0.1, 0.15) is 11.4 Å². The zero-order valence-electron chi connectivity index (χ0n) is 20.1. The van der Waals surface area contributed by atoms with Crippen LogP contribution in [0.5, 0.6) is 5.75 Å². The van der Waals surface area contributed by atoms with Gasteiger partial charge in [-0.25, -0.2) is 10.2 Å². The molecule has 2 aromatic carbocycles. The second-order valence-corrected chi connectivity index (χ2v) is 9.50. The third-order valence-electron chi connectivity index (χ3n) is 4.70. The molecule has 0 fully saturated rings. The molecular weight excluding hydrogens is 404 g/mol. The molecule has 0 spiro atoms. The molecule has 0 aliphatic heterocycles. The van der Waals surface area contributed by atoms with Gasteiger partial charge in [-0.2, -0.15) is 0 Å². The van der Waals surface area contributed by atoms with E-state index in [1.54, 1.807) is 13.8 Å². The number of carbonyl (C=O) groups excluding carboxylic acids is 2. The maximum absolute atomic E-state index is 12.3. The molecule has 0 aliphatic carbocycles. The summed E-state index contributed by atoms with van der Waals surface area (Å²) in [5.74, 6) is 0.162. The van der Waals surface area contributed by atoms with E-state index in [2.05, 4.69) is 10.9 Å². The molecule has 0 heterocycles. The number of ether oxygens (including phenoxy) is 2. The van der Waals surface area contributed by atoms with E-state index in [0.29, 0.717) is 18.7 Å². The lowest BCUT2D eigenvalue weighted by atomic mass is 10.1. The minimum atomic E-state index is -1.08. The molecule has 2 aromatic rings. The van der Waals surface area contributed by atoms with Crippen molar-refractivity contribution < 1.29 is 19.1 Å². The molecule has 0 unspecified atom stereocenters. The number of carbonyl (C=O) groups is 2. The van der Waals surface area contributed by atoms with Gasteiger partial charge in [0.25, 0.3) is 0 Å². The molecule has 6 heteroatoms. The minimum Gasteiger partial charge on any atom is -0.476 e. The van der Waals surface area contributed by atoms with Gasteiger partial charge in [-0.3, -0.25) is 10.2 Å². The SMILES string of the molecule is Cc1ccc(CNNC(=O)CCCc2ccc(OC(C)(C)C(=O)OC(C)(C)C)cc2)cc1. The first-order valence-electron chi connectivity index (χ1n) is 11.0. The molecule has 2 N–H and O–H groups in total. The normalized spacial score (nSPS) is 11.7. The summed E-state index contributed by atoms with van der Waals surface area (Å²) in [5.41, 5.74) is 7.49. The smallest absolute Gasteiger partial charge is 0.350 e. The Morgan fingerprint density at radius 1 is 0.875 bits per heavy atom. The summed E-state index contributed by atoms with van der Waals surface area (Å²) in [5, 5.41) is 0. The molecule has 32 heavy (non-hydrogen) atoms. The molecular formula is C26H36N2O4. The fourth-order valence-corrected chi connectivity index (χ4v) is 2.93. The summed E-state index contributed by atoms with van der Waals surface area (Å²) < 4.78 is 11.3. The lowest BCUT2D eigenvalue weighted by Crippen LogP contribution is -2.43. The van der Waals surface area contributed by atoms with Gasteiger partial charge in [-0.1, -0.05) is 42.0 Å². The summed E-state index contributed by atoms with van der Waals surface area (Å²) in [6.07, 6.45) is 1.95. The average molecular weight is 441 g/mol. The van der Waals surface area contributed by atoms with E-state index in [0.717, 1.165) is 24.0 Å². The predicted molar refractivity (Wildman–Crippen MR) is 126 cm³/mol. The lowest BCUT2D eigenvalue weighted by Gasteiger charge is -2.29. The van der Waals surface area contributed by atoms with Crippen LogP contribution in [0.4, 0.5) is 0 Å². The number of amides is 1. The fraction of sp³-hybridized carbons (Fsp3) is 0.462. The maximum Gasteiger partial charge on any atom is 0.350 e. The molecule has 1 amide bonds. The predicted octanol–water partition coefficient (Wildman–Crippen LogP) is 4.64. The fourth-order valence-electron chi connectivity index (χ4n) is 2.93. The number of benzene rings is 2. The van der Waals surface area contributed by atoms with Crippen LogP contribution in [0.1, 0.15) is 64.2 Å². The minimum absolute atomic E-state index is 0.0313. The van der Waals surface area contributed by atoms with Gasteiger partial charge >= 0.3 is 5.97 Å². The van der Waals surface area contributed by atoms with Gasteiger partial charge in [-0.05, 0) is 77.6 Å². The monoisotopic (exact) mass is 440 g/mol. The molecule has 0 bridgehead atoms. The van der Waals surface area contributed by atoms with E-state index < -0.39 is 17.2 Å². The van der Waals surface area contributed by atoms with Crippen LogP contribution in [-0.2, 0) is 27.3 Å². The zero-order chi connectivity index (χ0) is 23.8. The zero-order valence-corrected chi connectivity index (χ0v) is 20.1. The number of hydrogen-bond acceptors (Lipinski definition) is 5. The van der Waals surface area contributed by atoms with Crippen molar-refractivity contribution in [2.45, 2.75) is 78.6 Å². The van der Waals surface area contributed by atoms with Gasteiger partial charge in [0.2, 0.25) is 5.91 Å². The van der Waals surface area contributed by atoms with Gasteiger partial charge in [-0.15, -0.1) is 0 Å². The van der Waals surface area contributed by atoms with E-state index >= 15 is 0 Å². The first-order valence-corrected chi connectivity index (χ1v) is 11.0. The van der Waals surface area contributed by atoms with E-state index in [-0.39, 0.29) is 5.91 Å². The molecule has 0 atom stereocenters. The number of aryl methyl sites for hydroxylation is 2. The third-order valence-corrected chi connectivity index (χ3v) is 4.70. The Kier molecular flexibility index (Phi) is 8.84. The van der Waals surface area contributed by atoms with Gasteiger partial charge in [0.05, 0.1) is 0 Å². The van der Waals surface area contributed by atoms with Crippen LogP contribution < -0.4 is 15.6 Å². The Bertz CT molecular complexity index is 882. The van der Waals surface area contributed by atoms with E-state index in [4.69, 9.17) is 9.47 Å². The molecule has 0 aliphatic rings. The summed E-state index contributed by atoms with van der Waals surface area (Å²) in [4.78, 5) is 24.3. The Labute approximate surface area is 191 Å². The number of hydrogen-bond donors (Lipinski definition) is 2. The number of hydrazine groups is 1. The van der Waals surface area contributed by atoms with Crippen molar-refractivity contribution in [3.63, 3.8) is 0 Å². The van der Waals surface area contributed by atoms with Crippen molar-refractivity contribution in [2.75, 3.05) is 0 Å². The van der Waals surface area contributed by atoms with Crippen molar-refractivity contribution in [2.24, 2.45) is 0 Å². The van der Waals surface area contributed by atoms with E-state index in [1.807, 2.05) is 76.2 Å². The standard InChI is InChI=1S/C26H36N2O4/c1-19-10-12-21(13-11-19)18-27-28-23(29)9-7-8-20-14-16-22(17-15-20)31-26(5,6)24(30)32-25(2,3)4/h10-17,27H,7-9,18H2,1-6H3,(H,28,29). The van der Waals surface area contributed by atoms with Crippen molar-refractivity contribution in [1.82, 2.24) is 10.9 Å².